The first-order valence-corrected chi connectivity index (χ1v) is 7.33. The number of aliphatic hydroxyl groups is 1. The molecule has 0 radical (unpaired) electrons. The second-order valence-corrected chi connectivity index (χ2v) is 5.69. The first-order chi connectivity index (χ1) is 8.26. The maximum absolute atomic E-state index is 9.24. The minimum atomic E-state index is 0.182. The molecule has 1 aromatic rings. The normalized spacial score (nSPS) is 25.0. The van der Waals surface area contributed by atoms with E-state index < -0.39 is 0 Å². The summed E-state index contributed by atoms with van der Waals surface area (Å²) in [4.78, 5) is 2.44. The Labute approximate surface area is 107 Å². The molecule has 1 aliphatic heterocycles. The van der Waals surface area contributed by atoms with Gasteiger partial charge in [0.15, 0.2) is 0 Å². The van der Waals surface area contributed by atoms with E-state index in [1.54, 1.807) is 11.3 Å². The largest absolute Gasteiger partial charge is 0.396 e. The highest BCUT2D eigenvalue weighted by Crippen LogP contribution is 2.31. The topological polar surface area (TPSA) is 49.5 Å². The van der Waals surface area contributed by atoms with Crippen LogP contribution in [0.15, 0.2) is 16.8 Å². The van der Waals surface area contributed by atoms with Crippen LogP contribution in [0.2, 0.25) is 0 Å². The third kappa shape index (κ3) is 2.88. The lowest BCUT2D eigenvalue weighted by molar-refractivity contribution is 0.180. The number of nitrogens with two attached hydrogens (primary N) is 1. The fourth-order valence-corrected chi connectivity index (χ4v) is 3.35. The van der Waals surface area contributed by atoms with Gasteiger partial charge in [-0.15, -0.1) is 0 Å². The van der Waals surface area contributed by atoms with Gasteiger partial charge in [-0.05, 0) is 47.7 Å². The first kappa shape index (κ1) is 13.0. The van der Waals surface area contributed by atoms with Crippen molar-refractivity contribution < 1.29 is 5.11 Å². The number of hydrogen-bond acceptors (Lipinski definition) is 4. The van der Waals surface area contributed by atoms with Gasteiger partial charge >= 0.3 is 0 Å². The molecule has 96 valence electrons. The number of hydrogen-bond donors (Lipinski definition) is 2. The quantitative estimate of drug-likeness (QED) is 0.843. The van der Waals surface area contributed by atoms with E-state index >= 15 is 0 Å². The predicted octanol–water partition coefficient (Wildman–Crippen LogP) is 1.84. The average Bonchev–Trinajstić information content (AvgIpc) is 3.00. The Morgan fingerprint density at radius 2 is 2.47 bits per heavy atom. The lowest BCUT2D eigenvalue weighted by atomic mass is 9.99. The number of likely N-dealkylation sites (tertiary alicyclic amines) is 1. The van der Waals surface area contributed by atoms with Gasteiger partial charge < -0.3 is 10.8 Å². The molecule has 4 heteroatoms. The van der Waals surface area contributed by atoms with E-state index in [2.05, 4.69) is 28.7 Å². The third-order valence-corrected chi connectivity index (χ3v) is 4.43. The van der Waals surface area contributed by atoms with E-state index in [9.17, 15) is 5.11 Å². The molecule has 1 saturated heterocycles. The summed E-state index contributed by atoms with van der Waals surface area (Å²) < 4.78 is 0. The summed E-state index contributed by atoms with van der Waals surface area (Å²) in [5.74, 6) is 0.431. The van der Waals surface area contributed by atoms with Crippen molar-refractivity contribution in [3.05, 3.63) is 22.4 Å². The van der Waals surface area contributed by atoms with Gasteiger partial charge in [0, 0.05) is 19.2 Å². The van der Waals surface area contributed by atoms with Gasteiger partial charge in [0.1, 0.15) is 0 Å². The van der Waals surface area contributed by atoms with Crippen molar-refractivity contribution in [1.29, 1.82) is 0 Å². The van der Waals surface area contributed by atoms with Gasteiger partial charge in [0.25, 0.3) is 0 Å². The van der Waals surface area contributed by atoms with E-state index in [0.29, 0.717) is 18.6 Å². The molecule has 3 nitrogen and oxygen atoms in total. The number of thiophene rings is 1. The van der Waals surface area contributed by atoms with Gasteiger partial charge in [-0.25, -0.2) is 0 Å². The van der Waals surface area contributed by atoms with Crippen molar-refractivity contribution in [2.75, 3.05) is 19.7 Å². The second kappa shape index (κ2) is 5.96. The molecule has 0 spiro atoms. The molecule has 0 bridgehead atoms. The van der Waals surface area contributed by atoms with E-state index in [1.807, 2.05) is 0 Å². The summed E-state index contributed by atoms with van der Waals surface area (Å²) in [5.41, 5.74) is 7.61. The van der Waals surface area contributed by atoms with Gasteiger partial charge in [-0.2, -0.15) is 11.3 Å². The summed E-state index contributed by atoms with van der Waals surface area (Å²) in [5, 5.41) is 13.6. The van der Waals surface area contributed by atoms with Gasteiger partial charge in [0.2, 0.25) is 0 Å². The molecule has 0 amide bonds. The lowest BCUT2D eigenvalue weighted by Crippen LogP contribution is -2.39. The number of aliphatic hydroxyl groups excluding tert-OH is 1. The number of rotatable bonds is 5. The smallest absolute Gasteiger partial charge is 0.0507 e. The van der Waals surface area contributed by atoms with Gasteiger partial charge in [-0.1, -0.05) is 6.92 Å². The average molecular weight is 254 g/mol. The molecule has 17 heavy (non-hydrogen) atoms. The van der Waals surface area contributed by atoms with Crippen molar-refractivity contribution in [2.24, 2.45) is 11.7 Å². The molecule has 2 heterocycles. The maximum Gasteiger partial charge on any atom is 0.0507 e. The lowest BCUT2D eigenvalue weighted by Gasteiger charge is -2.32. The number of nitrogens with zero attached hydrogens (tertiary/aromatic N) is 1. The summed E-state index contributed by atoms with van der Waals surface area (Å²) in [6.07, 6.45) is 2.08. The molecular formula is C13H22N2OS. The zero-order valence-corrected chi connectivity index (χ0v) is 11.2. The van der Waals surface area contributed by atoms with E-state index in [-0.39, 0.29) is 6.04 Å². The van der Waals surface area contributed by atoms with Gasteiger partial charge in [-0.3, -0.25) is 4.90 Å². The SMILES string of the molecule is CCC(N)C(c1ccsc1)N1CCC(CO)C1. The summed E-state index contributed by atoms with van der Waals surface area (Å²) in [6.45, 7) is 4.47. The van der Waals surface area contributed by atoms with Crippen LogP contribution >= 0.6 is 11.3 Å². The van der Waals surface area contributed by atoms with Crippen LogP contribution in [0.5, 0.6) is 0 Å². The Balaban J connectivity index is 2.11. The molecule has 2 rings (SSSR count). The van der Waals surface area contributed by atoms with Gasteiger partial charge in [0.05, 0.1) is 6.04 Å². The van der Waals surface area contributed by atoms with Crippen molar-refractivity contribution in [3.63, 3.8) is 0 Å². The van der Waals surface area contributed by atoms with Crippen molar-refractivity contribution >= 4 is 11.3 Å². The Morgan fingerprint density at radius 3 is 3.00 bits per heavy atom. The van der Waals surface area contributed by atoms with Crippen LogP contribution in [0.3, 0.4) is 0 Å². The van der Waals surface area contributed by atoms with Crippen LogP contribution in [0.4, 0.5) is 0 Å². The van der Waals surface area contributed by atoms with Crippen LogP contribution in [0, 0.1) is 5.92 Å². The highest BCUT2D eigenvalue weighted by Gasteiger charge is 2.31. The molecule has 1 aromatic heterocycles. The summed E-state index contributed by atoms with van der Waals surface area (Å²) >= 11 is 1.73. The van der Waals surface area contributed by atoms with E-state index in [1.165, 1.54) is 5.56 Å². The molecule has 3 unspecified atom stereocenters. The Hall–Kier alpha value is -0.420. The minimum absolute atomic E-state index is 0.182. The van der Waals surface area contributed by atoms with Crippen molar-refractivity contribution in [3.8, 4) is 0 Å². The van der Waals surface area contributed by atoms with Crippen LogP contribution in [0.1, 0.15) is 31.4 Å². The van der Waals surface area contributed by atoms with Crippen molar-refractivity contribution in [2.45, 2.75) is 31.8 Å². The van der Waals surface area contributed by atoms with E-state index in [4.69, 9.17) is 5.73 Å². The Bertz CT molecular complexity index is 328. The Morgan fingerprint density at radius 1 is 1.65 bits per heavy atom. The fraction of sp³-hybridized carbons (Fsp3) is 0.692. The minimum Gasteiger partial charge on any atom is -0.396 e. The molecule has 1 aliphatic rings. The summed E-state index contributed by atoms with van der Waals surface area (Å²) in [6, 6.07) is 2.68. The molecule has 0 aliphatic carbocycles. The van der Waals surface area contributed by atoms with Crippen LogP contribution in [-0.4, -0.2) is 35.7 Å². The van der Waals surface area contributed by atoms with Crippen LogP contribution < -0.4 is 5.73 Å². The predicted molar refractivity (Wildman–Crippen MR) is 72.1 cm³/mol. The zero-order chi connectivity index (χ0) is 12.3. The fourth-order valence-electron chi connectivity index (χ4n) is 2.66. The van der Waals surface area contributed by atoms with Crippen LogP contribution in [0.25, 0.3) is 0 Å². The molecule has 1 fully saturated rings. The van der Waals surface area contributed by atoms with Crippen molar-refractivity contribution in [1.82, 2.24) is 4.90 Å². The van der Waals surface area contributed by atoms with Crippen LogP contribution in [-0.2, 0) is 0 Å². The first-order valence-electron chi connectivity index (χ1n) is 6.38. The monoisotopic (exact) mass is 254 g/mol. The standard InChI is InChI=1S/C13H22N2OS/c1-2-12(14)13(11-4-6-17-9-11)15-5-3-10(7-15)8-16/h4,6,9-10,12-13,16H,2-3,5,7-8,14H2,1H3. The molecule has 0 aromatic carbocycles. The molecular weight excluding hydrogens is 232 g/mol. The Kier molecular flexibility index (Phi) is 4.56. The molecule has 0 saturated carbocycles. The summed E-state index contributed by atoms with van der Waals surface area (Å²) in [7, 11) is 0. The molecule has 3 atom stereocenters. The third-order valence-electron chi connectivity index (χ3n) is 3.73. The maximum atomic E-state index is 9.24. The zero-order valence-electron chi connectivity index (χ0n) is 10.4. The highest BCUT2D eigenvalue weighted by atomic mass is 32.1. The van der Waals surface area contributed by atoms with E-state index in [0.717, 1.165) is 25.9 Å². The molecule has 3 N–H and O–H groups in total. The second-order valence-electron chi connectivity index (χ2n) is 4.91. The highest BCUT2D eigenvalue weighted by molar-refractivity contribution is 7.07.